The number of ether oxygens (including phenoxy) is 3. The van der Waals surface area contributed by atoms with Crippen molar-refractivity contribution in [2.24, 2.45) is 5.92 Å². The van der Waals surface area contributed by atoms with Gasteiger partial charge in [0.25, 0.3) is 0 Å². The summed E-state index contributed by atoms with van der Waals surface area (Å²) < 4.78 is 17.6. The maximum absolute atomic E-state index is 13.1. The van der Waals surface area contributed by atoms with Gasteiger partial charge in [0.2, 0.25) is 0 Å². The molecule has 2 aromatic carbocycles. The second-order valence-electron chi connectivity index (χ2n) is 10.3. The van der Waals surface area contributed by atoms with Crippen LogP contribution in [0.25, 0.3) is 0 Å². The lowest BCUT2D eigenvalue weighted by molar-refractivity contribution is 0.0730. The molecule has 0 bridgehead atoms. The van der Waals surface area contributed by atoms with E-state index in [1.165, 1.54) is 69.8 Å². The lowest BCUT2D eigenvalue weighted by atomic mass is 9.78. The summed E-state index contributed by atoms with van der Waals surface area (Å²) in [7, 11) is 0. The Morgan fingerprint density at radius 2 is 1.57 bits per heavy atom. The summed E-state index contributed by atoms with van der Waals surface area (Å²) in [6.07, 6.45) is 16.2. The van der Waals surface area contributed by atoms with Crippen molar-refractivity contribution >= 4 is 5.97 Å². The Balaban J connectivity index is 1.58. The van der Waals surface area contributed by atoms with Crippen molar-refractivity contribution in [2.45, 2.75) is 96.8 Å². The zero-order valence-electron chi connectivity index (χ0n) is 23.0. The first-order valence-corrected chi connectivity index (χ1v) is 14.5. The van der Waals surface area contributed by atoms with Gasteiger partial charge in [-0.15, -0.1) is 6.58 Å². The Hall–Kier alpha value is -2.75. The van der Waals surface area contributed by atoms with E-state index in [4.69, 9.17) is 14.2 Å². The molecule has 0 radical (unpaired) electrons. The van der Waals surface area contributed by atoms with Gasteiger partial charge in [0.05, 0.1) is 13.2 Å². The molecular formula is C33H46O4. The Morgan fingerprint density at radius 1 is 0.865 bits per heavy atom. The van der Waals surface area contributed by atoms with Gasteiger partial charge in [-0.2, -0.15) is 0 Å². The Labute approximate surface area is 224 Å². The highest BCUT2D eigenvalue weighted by Gasteiger charge is 2.22. The van der Waals surface area contributed by atoms with Crippen molar-refractivity contribution in [2.75, 3.05) is 13.2 Å². The number of carbonyl (C=O) groups is 1. The minimum absolute atomic E-state index is 0.401. The average Bonchev–Trinajstić information content (AvgIpc) is 2.93. The van der Waals surface area contributed by atoms with Crippen LogP contribution >= 0.6 is 0 Å². The van der Waals surface area contributed by atoms with E-state index >= 15 is 0 Å². The van der Waals surface area contributed by atoms with Crippen LogP contribution < -0.4 is 14.2 Å². The SMILES string of the molecule is C=CCCOc1cc(OCCCCCCCC)ccc1C(=O)Oc1ccc(C2CCC(CC)CC2)cc1. The summed E-state index contributed by atoms with van der Waals surface area (Å²) in [5.41, 5.74) is 1.74. The zero-order valence-corrected chi connectivity index (χ0v) is 23.0. The van der Waals surface area contributed by atoms with Crippen molar-refractivity contribution in [1.82, 2.24) is 0 Å². The standard InChI is InChI=1S/C33H46O4/c1-4-7-9-10-11-12-24-35-30-21-22-31(32(25-30)36-23-8-5-2)33(34)37-29-19-17-28(18-20-29)27-15-13-26(6-3)14-16-27/h5,17-22,25-27H,2,4,6-16,23-24H2,1,3H3. The molecule has 0 unspecified atom stereocenters. The van der Waals surface area contributed by atoms with Gasteiger partial charge in [-0.25, -0.2) is 4.79 Å². The molecule has 37 heavy (non-hydrogen) atoms. The molecule has 202 valence electrons. The van der Waals surface area contributed by atoms with Crippen LogP contribution in [-0.2, 0) is 0 Å². The maximum atomic E-state index is 13.1. The highest BCUT2D eigenvalue weighted by atomic mass is 16.5. The minimum atomic E-state index is -0.424. The number of benzene rings is 2. The van der Waals surface area contributed by atoms with Crippen molar-refractivity contribution in [1.29, 1.82) is 0 Å². The van der Waals surface area contributed by atoms with Crippen molar-refractivity contribution in [3.05, 3.63) is 66.2 Å². The fourth-order valence-corrected chi connectivity index (χ4v) is 5.08. The van der Waals surface area contributed by atoms with E-state index in [1.807, 2.05) is 18.2 Å². The summed E-state index contributed by atoms with van der Waals surface area (Å²) in [6.45, 7) is 9.38. The summed E-state index contributed by atoms with van der Waals surface area (Å²) in [5, 5.41) is 0. The molecule has 0 aromatic heterocycles. The summed E-state index contributed by atoms with van der Waals surface area (Å²) in [6, 6.07) is 13.4. The van der Waals surface area contributed by atoms with E-state index in [-0.39, 0.29) is 0 Å². The third-order valence-electron chi connectivity index (χ3n) is 7.51. The van der Waals surface area contributed by atoms with Crippen LogP contribution in [0.4, 0.5) is 0 Å². The van der Waals surface area contributed by atoms with Gasteiger partial charge in [-0.3, -0.25) is 0 Å². The molecule has 4 nitrogen and oxygen atoms in total. The average molecular weight is 507 g/mol. The number of hydrogen-bond acceptors (Lipinski definition) is 4. The van der Waals surface area contributed by atoms with Gasteiger partial charge in [-0.05, 0) is 80.2 Å². The van der Waals surface area contributed by atoms with Crippen LogP contribution in [-0.4, -0.2) is 19.2 Å². The summed E-state index contributed by atoms with van der Waals surface area (Å²) in [5.74, 6) is 2.81. The molecule has 0 atom stereocenters. The van der Waals surface area contributed by atoms with E-state index in [0.29, 0.717) is 48.4 Å². The fourth-order valence-electron chi connectivity index (χ4n) is 5.08. The quantitative estimate of drug-likeness (QED) is 0.0984. The second-order valence-corrected chi connectivity index (χ2v) is 10.3. The second kappa shape index (κ2) is 16.2. The molecule has 1 saturated carbocycles. The maximum Gasteiger partial charge on any atom is 0.347 e. The lowest BCUT2D eigenvalue weighted by Crippen LogP contribution is -2.13. The summed E-state index contributed by atoms with van der Waals surface area (Å²) >= 11 is 0. The van der Waals surface area contributed by atoms with Gasteiger partial charge in [0, 0.05) is 6.07 Å². The Morgan fingerprint density at radius 3 is 2.27 bits per heavy atom. The van der Waals surface area contributed by atoms with Gasteiger partial charge < -0.3 is 14.2 Å². The van der Waals surface area contributed by atoms with Crippen LogP contribution in [0.1, 0.15) is 113 Å². The number of hydrogen-bond donors (Lipinski definition) is 0. The van der Waals surface area contributed by atoms with Crippen LogP contribution in [0.5, 0.6) is 17.2 Å². The van der Waals surface area contributed by atoms with E-state index in [0.717, 1.165) is 12.3 Å². The number of unbranched alkanes of at least 4 members (excludes halogenated alkanes) is 5. The third kappa shape index (κ3) is 9.57. The zero-order chi connectivity index (χ0) is 26.3. The van der Waals surface area contributed by atoms with Gasteiger partial charge in [-0.1, -0.05) is 70.6 Å². The molecule has 0 aliphatic heterocycles. The largest absolute Gasteiger partial charge is 0.493 e. The van der Waals surface area contributed by atoms with E-state index in [9.17, 15) is 4.79 Å². The highest BCUT2D eigenvalue weighted by molar-refractivity contribution is 5.94. The predicted octanol–water partition coefficient (Wildman–Crippen LogP) is 9.28. The molecule has 0 amide bonds. The molecule has 1 aliphatic rings. The topological polar surface area (TPSA) is 44.8 Å². The number of carbonyl (C=O) groups excluding carboxylic acids is 1. The van der Waals surface area contributed by atoms with E-state index in [1.54, 1.807) is 18.2 Å². The predicted molar refractivity (Wildman–Crippen MR) is 152 cm³/mol. The summed E-state index contributed by atoms with van der Waals surface area (Å²) in [4.78, 5) is 13.1. The lowest BCUT2D eigenvalue weighted by Gasteiger charge is -2.28. The Kier molecular flexibility index (Phi) is 12.6. The molecule has 1 fully saturated rings. The Bertz CT molecular complexity index is 941. The molecule has 0 N–H and O–H groups in total. The van der Waals surface area contributed by atoms with Gasteiger partial charge >= 0.3 is 5.97 Å². The molecule has 0 saturated heterocycles. The molecule has 0 spiro atoms. The van der Waals surface area contributed by atoms with Crippen molar-refractivity contribution in [3.63, 3.8) is 0 Å². The highest BCUT2D eigenvalue weighted by Crippen LogP contribution is 2.37. The molecule has 2 aromatic rings. The molecule has 0 heterocycles. The molecular weight excluding hydrogens is 460 g/mol. The smallest absolute Gasteiger partial charge is 0.347 e. The van der Waals surface area contributed by atoms with Crippen LogP contribution in [0.15, 0.2) is 55.1 Å². The first-order valence-electron chi connectivity index (χ1n) is 14.5. The number of rotatable bonds is 16. The minimum Gasteiger partial charge on any atom is -0.493 e. The fraction of sp³-hybridized carbons (Fsp3) is 0.545. The van der Waals surface area contributed by atoms with Crippen LogP contribution in [0.2, 0.25) is 0 Å². The normalized spacial score (nSPS) is 17.2. The third-order valence-corrected chi connectivity index (χ3v) is 7.51. The van der Waals surface area contributed by atoms with Crippen LogP contribution in [0.3, 0.4) is 0 Å². The van der Waals surface area contributed by atoms with E-state index < -0.39 is 5.97 Å². The van der Waals surface area contributed by atoms with E-state index in [2.05, 4.69) is 32.6 Å². The van der Waals surface area contributed by atoms with Crippen molar-refractivity contribution in [3.8, 4) is 17.2 Å². The first kappa shape index (κ1) is 28.8. The number of esters is 1. The molecule has 4 heteroatoms. The monoisotopic (exact) mass is 506 g/mol. The van der Waals surface area contributed by atoms with Crippen LogP contribution in [0, 0.1) is 5.92 Å². The first-order chi connectivity index (χ1) is 18.1. The van der Waals surface area contributed by atoms with Crippen molar-refractivity contribution < 1.29 is 19.0 Å². The molecule has 1 aliphatic carbocycles. The van der Waals surface area contributed by atoms with Gasteiger partial charge in [0.1, 0.15) is 22.8 Å². The molecule has 3 rings (SSSR count). The van der Waals surface area contributed by atoms with Gasteiger partial charge in [0.15, 0.2) is 0 Å².